The Morgan fingerprint density at radius 3 is 2.00 bits per heavy atom. The Hall–Kier alpha value is -1.30. The second kappa shape index (κ2) is 3.60. The van der Waals surface area contributed by atoms with Gasteiger partial charge in [0.25, 0.3) is 0 Å². The predicted molar refractivity (Wildman–Crippen MR) is 55.3 cm³/mol. The van der Waals surface area contributed by atoms with Crippen LogP contribution in [0.25, 0.3) is 0 Å². The van der Waals surface area contributed by atoms with Crippen molar-refractivity contribution < 1.29 is 27.5 Å². The van der Waals surface area contributed by atoms with Crippen LogP contribution in [0.3, 0.4) is 0 Å². The molecule has 1 atom stereocenters. The summed E-state index contributed by atoms with van der Waals surface area (Å²) in [6, 6.07) is 4.43. The molecule has 2 rings (SSSR count). The van der Waals surface area contributed by atoms with E-state index in [1.165, 1.54) is 12.1 Å². The second-order valence-electron chi connectivity index (χ2n) is 4.17. The first-order chi connectivity index (χ1) is 8.15. The minimum absolute atomic E-state index is 0.202. The standard InChI is InChI=1S/C11H7ClF4O2/c12-7-3-1-6(2-4-7)9(8(17)18)5-10(13,14)11(9,15)16/h1-4H,5H2,(H,17,18)/t9-/m1/s1. The summed E-state index contributed by atoms with van der Waals surface area (Å²) in [6.07, 6.45) is -1.43. The van der Waals surface area contributed by atoms with Crippen molar-refractivity contribution in [1.29, 1.82) is 0 Å². The van der Waals surface area contributed by atoms with E-state index in [-0.39, 0.29) is 10.6 Å². The molecule has 0 amide bonds. The van der Waals surface area contributed by atoms with Crippen LogP contribution in [0, 0.1) is 0 Å². The Labute approximate surface area is 104 Å². The van der Waals surface area contributed by atoms with Gasteiger partial charge in [0.05, 0.1) is 0 Å². The van der Waals surface area contributed by atoms with Gasteiger partial charge in [0, 0.05) is 11.4 Å². The fourth-order valence-corrected chi connectivity index (χ4v) is 2.24. The minimum Gasteiger partial charge on any atom is -0.480 e. The Morgan fingerprint density at radius 2 is 1.67 bits per heavy atom. The molecule has 18 heavy (non-hydrogen) atoms. The van der Waals surface area contributed by atoms with E-state index < -0.39 is 29.7 Å². The molecule has 0 heterocycles. The molecule has 0 bridgehead atoms. The van der Waals surface area contributed by atoms with E-state index in [0.717, 1.165) is 12.1 Å². The predicted octanol–water partition coefficient (Wildman–Crippen LogP) is 3.34. The summed E-state index contributed by atoms with van der Waals surface area (Å²) in [5.74, 6) is -10.9. The molecule has 0 radical (unpaired) electrons. The third kappa shape index (κ3) is 1.38. The third-order valence-corrected chi connectivity index (χ3v) is 3.44. The summed E-state index contributed by atoms with van der Waals surface area (Å²) in [4.78, 5) is 11.0. The average molecular weight is 283 g/mol. The van der Waals surface area contributed by atoms with Crippen LogP contribution in [0.5, 0.6) is 0 Å². The molecule has 0 aliphatic heterocycles. The van der Waals surface area contributed by atoms with Gasteiger partial charge >= 0.3 is 17.8 Å². The number of rotatable bonds is 2. The summed E-state index contributed by atoms with van der Waals surface area (Å²) in [5, 5.41) is 9.13. The van der Waals surface area contributed by atoms with Gasteiger partial charge in [0.2, 0.25) is 0 Å². The number of alkyl halides is 4. The smallest absolute Gasteiger partial charge is 0.330 e. The molecule has 2 nitrogen and oxygen atoms in total. The number of carbonyl (C=O) groups is 1. The van der Waals surface area contributed by atoms with Crippen LogP contribution in [-0.2, 0) is 10.2 Å². The van der Waals surface area contributed by atoms with Gasteiger partial charge in [0.1, 0.15) is 0 Å². The number of halogens is 5. The van der Waals surface area contributed by atoms with E-state index in [1.54, 1.807) is 0 Å². The third-order valence-electron chi connectivity index (χ3n) is 3.18. The molecule has 0 unspecified atom stereocenters. The maximum absolute atomic E-state index is 13.5. The van der Waals surface area contributed by atoms with Crippen molar-refractivity contribution in [1.82, 2.24) is 0 Å². The Morgan fingerprint density at radius 1 is 1.17 bits per heavy atom. The lowest BCUT2D eigenvalue weighted by Crippen LogP contribution is -2.72. The lowest BCUT2D eigenvalue weighted by Gasteiger charge is -2.51. The molecule has 98 valence electrons. The van der Waals surface area contributed by atoms with Crippen molar-refractivity contribution in [2.45, 2.75) is 23.7 Å². The highest BCUT2D eigenvalue weighted by atomic mass is 35.5. The zero-order chi connectivity index (χ0) is 13.8. The SMILES string of the molecule is O=C(O)[C@]1(c2ccc(Cl)cc2)CC(F)(F)C1(F)F. The quantitative estimate of drug-likeness (QED) is 0.845. The topological polar surface area (TPSA) is 37.3 Å². The van der Waals surface area contributed by atoms with Gasteiger partial charge < -0.3 is 5.11 Å². The van der Waals surface area contributed by atoms with Crippen LogP contribution in [0.15, 0.2) is 24.3 Å². The van der Waals surface area contributed by atoms with Crippen LogP contribution >= 0.6 is 11.6 Å². The first-order valence-corrected chi connectivity index (χ1v) is 5.28. The second-order valence-corrected chi connectivity index (χ2v) is 4.61. The monoisotopic (exact) mass is 282 g/mol. The zero-order valence-corrected chi connectivity index (χ0v) is 9.52. The van der Waals surface area contributed by atoms with E-state index in [1.807, 2.05) is 0 Å². The van der Waals surface area contributed by atoms with Gasteiger partial charge in [-0.3, -0.25) is 4.79 Å². The van der Waals surface area contributed by atoms with Gasteiger partial charge in [-0.05, 0) is 17.7 Å². The summed E-state index contributed by atoms with van der Waals surface area (Å²) < 4.78 is 52.8. The number of carboxylic acids is 1. The van der Waals surface area contributed by atoms with Gasteiger partial charge in [-0.1, -0.05) is 23.7 Å². The normalized spacial score (nSPS) is 28.5. The van der Waals surface area contributed by atoms with Crippen molar-refractivity contribution in [3.8, 4) is 0 Å². The maximum Gasteiger partial charge on any atom is 0.330 e. The van der Waals surface area contributed by atoms with E-state index in [4.69, 9.17) is 16.7 Å². The van der Waals surface area contributed by atoms with Crippen LogP contribution in [0.4, 0.5) is 17.6 Å². The first-order valence-electron chi connectivity index (χ1n) is 4.90. The summed E-state index contributed by atoms with van der Waals surface area (Å²) in [6.45, 7) is 0. The summed E-state index contributed by atoms with van der Waals surface area (Å²) >= 11 is 5.55. The molecular formula is C11H7ClF4O2. The van der Waals surface area contributed by atoms with Gasteiger partial charge in [0.15, 0.2) is 5.41 Å². The van der Waals surface area contributed by atoms with Crippen LogP contribution in [0.1, 0.15) is 12.0 Å². The molecule has 1 fully saturated rings. The van der Waals surface area contributed by atoms with E-state index in [2.05, 4.69) is 0 Å². The molecule has 7 heteroatoms. The van der Waals surface area contributed by atoms with Crippen molar-refractivity contribution in [2.24, 2.45) is 0 Å². The fraction of sp³-hybridized carbons (Fsp3) is 0.364. The Kier molecular flexibility index (Phi) is 2.63. The highest BCUT2D eigenvalue weighted by Crippen LogP contribution is 2.64. The molecule has 0 aromatic heterocycles. The summed E-state index contributed by atoms with van der Waals surface area (Å²) in [5.41, 5.74) is -3.27. The number of hydrogen-bond donors (Lipinski definition) is 1. The lowest BCUT2D eigenvalue weighted by molar-refractivity contribution is -0.322. The number of aliphatic carboxylic acids is 1. The summed E-state index contributed by atoms with van der Waals surface area (Å²) in [7, 11) is 0. The molecule has 0 spiro atoms. The molecule has 1 aromatic rings. The van der Waals surface area contributed by atoms with Crippen molar-refractivity contribution >= 4 is 17.6 Å². The highest BCUT2D eigenvalue weighted by molar-refractivity contribution is 6.30. The zero-order valence-electron chi connectivity index (χ0n) is 8.76. The molecule has 1 aliphatic rings. The first kappa shape index (κ1) is 13.1. The molecule has 1 aliphatic carbocycles. The number of hydrogen-bond acceptors (Lipinski definition) is 1. The van der Waals surface area contributed by atoms with Crippen molar-refractivity contribution in [2.75, 3.05) is 0 Å². The van der Waals surface area contributed by atoms with Crippen LogP contribution in [0.2, 0.25) is 5.02 Å². The largest absolute Gasteiger partial charge is 0.480 e. The Bertz CT molecular complexity index is 500. The number of benzene rings is 1. The fourth-order valence-electron chi connectivity index (χ4n) is 2.11. The average Bonchev–Trinajstić information content (AvgIpc) is 2.26. The van der Waals surface area contributed by atoms with Gasteiger partial charge in [-0.15, -0.1) is 0 Å². The van der Waals surface area contributed by atoms with Crippen molar-refractivity contribution in [3.63, 3.8) is 0 Å². The molecular weight excluding hydrogens is 276 g/mol. The van der Waals surface area contributed by atoms with Crippen molar-refractivity contribution in [3.05, 3.63) is 34.9 Å². The van der Waals surface area contributed by atoms with E-state index in [0.29, 0.717) is 0 Å². The maximum atomic E-state index is 13.5. The molecule has 1 N–H and O–H groups in total. The van der Waals surface area contributed by atoms with Gasteiger partial charge in [-0.25, -0.2) is 0 Å². The molecule has 0 saturated heterocycles. The molecule has 1 aromatic carbocycles. The van der Waals surface area contributed by atoms with Crippen LogP contribution < -0.4 is 0 Å². The molecule has 1 saturated carbocycles. The van der Waals surface area contributed by atoms with Crippen LogP contribution in [-0.4, -0.2) is 22.9 Å². The van der Waals surface area contributed by atoms with E-state index in [9.17, 15) is 22.4 Å². The highest BCUT2D eigenvalue weighted by Gasteiger charge is 2.84. The lowest BCUT2D eigenvalue weighted by atomic mass is 9.58. The Balaban J connectivity index is 2.55. The minimum atomic E-state index is -4.63. The van der Waals surface area contributed by atoms with E-state index >= 15 is 0 Å². The van der Waals surface area contributed by atoms with Gasteiger partial charge in [-0.2, -0.15) is 17.6 Å². The number of carboxylic acid groups (broad SMARTS) is 1.